The van der Waals surface area contributed by atoms with Crippen LogP contribution < -0.4 is 5.73 Å². The normalized spacial score (nSPS) is 14.6. The summed E-state index contributed by atoms with van der Waals surface area (Å²) < 4.78 is 5.43. The highest BCUT2D eigenvalue weighted by atomic mass is 35.5. The molecule has 0 saturated heterocycles. The third kappa shape index (κ3) is 4.24. The molecule has 1 saturated carbocycles. The van der Waals surface area contributed by atoms with Gasteiger partial charge < -0.3 is 10.5 Å². The van der Waals surface area contributed by atoms with E-state index in [2.05, 4.69) is 0 Å². The number of hydrogen-bond donors (Lipinski definition) is 1. The number of carbonyl (C=O) groups excluding carboxylic acids is 1. The van der Waals surface area contributed by atoms with E-state index >= 15 is 0 Å². The zero-order valence-corrected chi connectivity index (χ0v) is 13.6. The van der Waals surface area contributed by atoms with Crippen LogP contribution >= 0.6 is 11.6 Å². The number of halogens is 1. The van der Waals surface area contributed by atoms with Gasteiger partial charge in [0.15, 0.2) is 0 Å². The molecule has 0 bridgehead atoms. The molecule has 0 unspecified atom stereocenters. The van der Waals surface area contributed by atoms with E-state index in [0.717, 1.165) is 24.0 Å². The van der Waals surface area contributed by atoms with Crippen LogP contribution in [0, 0.1) is 0 Å². The van der Waals surface area contributed by atoms with Crippen molar-refractivity contribution in [3.8, 4) is 0 Å². The lowest BCUT2D eigenvalue weighted by Gasteiger charge is -2.24. The molecule has 1 aromatic carbocycles. The maximum atomic E-state index is 12.1. The van der Waals surface area contributed by atoms with Crippen LogP contribution in [0.25, 0.3) is 5.57 Å². The van der Waals surface area contributed by atoms with E-state index < -0.39 is 5.60 Å². The fraction of sp³-hybridized carbons (Fsp3) is 0.471. The molecule has 2 N–H and O–H groups in total. The monoisotopic (exact) mass is 307 g/mol. The molecule has 0 radical (unpaired) electrons. The van der Waals surface area contributed by atoms with Crippen molar-refractivity contribution in [1.29, 1.82) is 0 Å². The van der Waals surface area contributed by atoms with Gasteiger partial charge in [-0.3, -0.25) is 4.79 Å². The van der Waals surface area contributed by atoms with Crippen molar-refractivity contribution in [2.24, 2.45) is 0 Å². The highest BCUT2D eigenvalue weighted by Crippen LogP contribution is 2.37. The second-order valence-electron chi connectivity index (χ2n) is 6.44. The van der Waals surface area contributed by atoms with Crippen LogP contribution in [-0.2, 0) is 9.53 Å². The predicted octanol–water partition coefficient (Wildman–Crippen LogP) is 4.59. The van der Waals surface area contributed by atoms with Crippen molar-refractivity contribution in [3.05, 3.63) is 34.4 Å². The first-order valence-corrected chi connectivity index (χ1v) is 7.62. The lowest BCUT2D eigenvalue weighted by Crippen LogP contribution is -2.24. The van der Waals surface area contributed by atoms with Crippen LogP contribution in [0.2, 0.25) is 5.02 Å². The van der Waals surface area contributed by atoms with Gasteiger partial charge in [0.2, 0.25) is 0 Å². The molecule has 3 nitrogen and oxygen atoms in total. The van der Waals surface area contributed by atoms with Gasteiger partial charge in [0.1, 0.15) is 5.60 Å². The lowest BCUT2D eigenvalue weighted by molar-refractivity contribution is -0.153. The van der Waals surface area contributed by atoms with Gasteiger partial charge in [0.25, 0.3) is 0 Å². The number of benzene rings is 1. The number of nitrogens with two attached hydrogens (primary N) is 1. The molecule has 114 valence electrons. The Morgan fingerprint density at radius 1 is 1.33 bits per heavy atom. The standard InChI is InChI=1S/C17H22ClNO2/c1-17(2,3)21-16(20)10-13(11-5-4-6-11)12-7-8-14(18)15(19)9-12/h7-9H,4-6,10,19H2,1-3H3. The van der Waals surface area contributed by atoms with Gasteiger partial charge in [-0.1, -0.05) is 23.2 Å². The Morgan fingerprint density at radius 2 is 2.00 bits per heavy atom. The van der Waals surface area contributed by atoms with Crippen LogP contribution in [0.1, 0.15) is 52.0 Å². The molecule has 1 aliphatic carbocycles. The molecule has 4 heteroatoms. The summed E-state index contributed by atoms with van der Waals surface area (Å²) in [6.07, 6.45) is 3.55. The minimum Gasteiger partial charge on any atom is -0.460 e. The molecule has 1 aliphatic rings. The van der Waals surface area contributed by atoms with Crippen LogP contribution in [0.4, 0.5) is 5.69 Å². The van der Waals surface area contributed by atoms with Gasteiger partial charge in [-0.05, 0) is 63.3 Å². The van der Waals surface area contributed by atoms with Gasteiger partial charge >= 0.3 is 5.97 Å². The molecule has 21 heavy (non-hydrogen) atoms. The van der Waals surface area contributed by atoms with E-state index in [0.29, 0.717) is 10.7 Å². The first-order valence-electron chi connectivity index (χ1n) is 7.24. The Balaban J connectivity index is 2.24. The van der Waals surface area contributed by atoms with Gasteiger partial charge in [-0.25, -0.2) is 0 Å². The van der Waals surface area contributed by atoms with Crippen molar-refractivity contribution >= 4 is 28.8 Å². The molecule has 0 spiro atoms. The van der Waals surface area contributed by atoms with Crippen LogP contribution in [0.3, 0.4) is 0 Å². The van der Waals surface area contributed by atoms with Crippen molar-refractivity contribution in [2.45, 2.75) is 52.1 Å². The van der Waals surface area contributed by atoms with E-state index in [-0.39, 0.29) is 12.4 Å². The maximum Gasteiger partial charge on any atom is 0.310 e. The molecule has 2 rings (SSSR count). The molecular formula is C17H22ClNO2. The van der Waals surface area contributed by atoms with Gasteiger partial charge in [-0.2, -0.15) is 0 Å². The molecule has 0 heterocycles. The average Bonchev–Trinajstić information content (AvgIpc) is 2.27. The van der Waals surface area contributed by atoms with Crippen LogP contribution in [-0.4, -0.2) is 11.6 Å². The Hall–Kier alpha value is -1.48. The van der Waals surface area contributed by atoms with Crippen molar-refractivity contribution in [3.63, 3.8) is 0 Å². The number of hydrogen-bond acceptors (Lipinski definition) is 3. The first kappa shape index (κ1) is 15.9. The van der Waals surface area contributed by atoms with E-state index in [1.165, 1.54) is 12.0 Å². The van der Waals surface area contributed by atoms with Crippen LogP contribution in [0.15, 0.2) is 23.8 Å². The summed E-state index contributed by atoms with van der Waals surface area (Å²) in [5, 5.41) is 0.536. The lowest BCUT2D eigenvalue weighted by atomic mass is 9.84. The minimum atomic E-state index is -0.467. The maximum absolute atomic E-state index is 12.1. The van der Waals surface area contributed by atoms with Crippen molar-refractivity contribution in [2.75, 3.05) is 5.73 Å². The Bertz CT molecular complexity index is 579. The second kappa shape index (κ2) is 6.10. The van der Waals surface area contributed by atoms with Crippen LogP contribution in [0.5, 0.6) is 0 Å². The largest absolute Gasteiger partial charge is 0.460 e. The van der Waals surface area contributed by atoms with Crippen molar-refractivity contribution in [1.82, 2.24) is 0 Å². The Kier molecular flexibility index (Phi) is 4.62. The molecule has 0 aromatic heterocycles. The Labute approximate surface area is 131 Å². The number of ether oxygens (including phenoxy) is 1. The highest BCUT2D eigenvalue weighted by molar-refractivity contribution is 6.33. The zero-order valence-electron chi connectivity index (χ0n) is 12.8. The third-order valence-electron chi connectivity index (χ3n) is 3.47. The van der Waals surface area contributed by atoms with E-state index in [4.69, 9.17) is 22.1 Å². The van der Waals surface area contributed by atoms with E-state index in [1.807, 2.05) is 32.9 Å². The third-order valence-corrected chi connectivity index (χ3v) is 3.81. The summed E-state index contributed by atoms with van der Waals surface area (Å²) in [5.41, 5.74) is 9.28. The first-order chi connectivity index (χ1) is 9.76. The molecule has 1 aromatic rings. The van der Waals surface area contributed by atoms with Gasteiger partial charge in [0, 0.05) is 0 Å². The summed E-state index contributed by atoms with van der Waals surface area (Å²) >= 11 is 5.97. The number of carbonyl (C=O) groups is 1. The molecule has 0 aliphatic heterocycles. The Morgan fingerprint density at radius 3 is 2.48 bits per heavy atom. The number of nitrogen functional groups attached to an aromatic ring is 1. The van der Waals surface area contributed by atoms with E-state index in [1.54, 1.807) is 6.07 Å². The van der Waals surface area contributed by atoms with Crippen molar-refractivity contribution < 1.29 is 9.53 Å². The smallest absolute Gasteiger partial charge is 0.310 e. The summed E-state index contributed by atoms with van der Waals surface area (Å²) in [6.45, 7) is 5.63. The van der Waals surface area contributed by atoms with Gasteiger partial charge in [-0.15, -0.1) is 0 Å². The molecular weight excluding hydrogens is 286 g/mol. The quantitative estimate of drug-likeness (QED) is 0.656. The minimum absolute atomic E-state index is 0.203. The highest BCUT2D eigenvalue weighted by Gasteiger charge is 2.22. The SMILES string of the molecule is CC(C)(C)OC(=O)CC(=C1CCC1)c1ccc(Cl)c(N)c1. The number of rotatable bonds is 3. The zero-order chi connectivity index (χ0) is 15.6. The topological polar surface area (TPSA) is 52.3 Å². The molecule has 1 fully saturated rings. The molecule has 0 atom stereocenters. The van der Waals surface area contributed by atoms with Gasteiger partial charge in [0.05, 0.1) is 17.1 Å². The summed E-state index contributed by atoms with van der Waals surface area (Å²) in [7, 11) is 0. The number of esters is 1. The summed E-state index contributed by atoms with van der Waals surface area (Å²) in [6, 6.07) is 5.54. The fourth-order valence-electron chi connectivity index (χ4n) is 2.34. The summed E-state index contributed by atoms with van der Waals surface area (Å²) in [4.78, 5) is 12.1. The second-order valence-corrected chi connectivity index (χ2v) is 6.84. The molecule has 0 amide bonds. The predicted molar refractivity (Wildman–Crippen MR) is 87.1 cm³/mol. The fourth-order valence-corrected chi connectivity index (χ4v) is 2.46. The average molecular weight is 308 g/mol. The summed E-state index contributed by atoms with van der Waals surface area (Å²) in [5.74, 6) is -0.203. The number of anilines is 1. The number of allylic oxidation sites excluding steroid dienone is 1. The van der Waals surface area contributed by atoms with E-state index in [9.17, 15) is 4.79 Å².